The number of methoxy groups -OCH3 is 1. The summed E-state index contributed by atoms with van der Waals surface area (Å²) in [4.78, 5) is 18.7. The van der Waals surface area contributed by atoms with Crippen LogP contribution in [0.3, 0.4) is 0 Å². The first-order valence-corrected chi connectivity index (χ1v) is 9.69. The van der Waals surface area contributed by atoms with Crippen LogP contribution >= 0.6 is 0 Å². The summed E-state index contributed by atoms with van der Waals surface area (Å²) in [6.07, 6.45) is 2.14. The number of halogens is 1. The molecule has 0 N–H and O–H groups in total. The molecular formula is C23H23FN2O3. The fourth-order valence-corrected chi connectivity index (χ4v) is 3.84. The number of oxazole rings is 1. The van der Waals surface area contributed by atoms with Gasteiger partial charge in [-0.3, -0.25) is 4.90 Å². The van der Waals surface area contributed by atoms with Crippen molar-refractivity contribution < 1.29 is 18.3 Å². The molecule has 0 radical (unpaired) electrons. The molecule has 5 nitrogen and oxygen atoms in total. The van der Waals surface area contributed by atoms with Crippen molar-refractivity contribution in [2.75, 3.05) is 13.7 Å². The van der Waals surface area contributed by atoms with Gasteiger partial charge in [0.1, 0.15) is 11.6 Å². The molecule has 0 spiro atoms. The number of aryl methyl sites for hydroxylation is 1. The van der Waals surface area contributed by atoms with E-state index < -0.39 is 0 Å². The molecule has 0 aliphatic carbocycles. The third-order valence-electron chi connectivity index (χ3n) is 5.42. The Kier molecular flexibility index (Phi) is 5.45. The Morgan fingerprint density at radius 3 is 2.62 bits per heavy atom. The predicted octanol–water partition coefficient (Wildman–Crippen LogP) is 4.91. The highest BCUT2D eigenvalue weighted by Gasteiger charge is 2.27. The van der Waals surface area contributed by atoms with E-state index in [1.54, 1.807) is 24.3 Å². The van der Waals surface area contributed by atoms with Crippen molar-refractivity contribution in [1.82, 2.24) is 9.88 Å². The van der Waals surface area contributed by atoms with E-state index in [2.05, 4.69) is 4.90 Å². The zero-order chi connectivity index (χ0) is 20.4. The number of carbonyl (C=O) groups is 1. The van der Waals surface area contributed by atoms with E-state index in [4.69, 9.17) is 14.1 Å². The Morgan fingerprint density at radius 1 is 1.21 bits per heavy atom. The smallest absolute Gasteiger partial charge is 0.337 e. The molecule has 1 aliphatic rings. The topological polar surface area (TPSA) is 55.6 Å². The largest absolute Gasteiger partial charge is 0.465 e. The maximum Gasteiger partial charge on any atom is 0.337 e. The molecule has 6 heteroatoms. The van der Waals surface area contributed by atoms with Crippen LogP contribution in [0.25, 0.3) is 11.5 Å². The molecule has 2 aromatic carbocycles. The van der Waals surface area contributed by atoms with Crippen LogP contribution in [0.5, 0.6) is 0 Å². The highest BCUT2D eigenvalue weighted by Crippen LogP contribution is 2.34. The van der Waals surface area contributed by atoms with E-state index in [-0.39, 0.29) is 17.8 Å². The van der Waals surface area contributed by atoms with Gasteiger partial charge in [0.15, 0.2) is 0 Å². The maximum atomic E-state index is 13.3. The van der Waals surface area contributed by atoms with Crippen LogP contribution in [0, 0.1) is 12.7 Å². The van der Waals surface area contributed by atoms with Crippen LogP contribution in [0.15, 0.2) is 52.9 Å². The van der Waals surface area contributed by atoms with E-state index in [9.17, 15) is 9.18 Å². The maximum absolute atomic E-state index is 13.3. The molecule has 0 bridgehead atoms. The van der Waals surface area contributed by atoms with Crippen LogP contribution in [-0.4, -0.2) is 29.5 Å². The SMILES string of the molecule is COC(=O)c1ccc(-c2nc(CN3CCC[C@@H]3c3ccc(F)cc3)c(C)o2)cc1. The molecular weight excluding hydrogens is 371 g/mol. The standard InChI is InChI=1S/C23H23FN2O3/c1-15-20(14-26-13-3-4-21(26)16-9-11-19(24)12-10-16)25-22(29-15)17-5-7-18(8-6-17)23(27)28-2/h5-12,21H,3-4,13-14H2,1-2H3/t21-/m1/s1. The van der Waals surface area contributed by atoms with Crippen LogP contribution in [-0.2, 0) is 11.3 Å². The Bertz CT molecular complexity index is 996. The van der Waals surface area contributed by atoms with E-state index in [1.165, 1.54) is 19.2 Å². The summed E-state index contributed by atoms with van der Waals surface area (Å²) >= 11 is 0. The zero-order valence-electron chi connectivity index (χ0n) is 16.5. The number of esters is 1. The van der Waals surface area contributed by atoms with Crippen molar-refractivity contribution in [2.24, 2.45) is 0 Å². The van der Waals surface area contributed by atoms with Crippen LogP contribution in [0.4, 0.5) is 4.39 Å². The summed E-state index contributed by atoms with van der Waals surface area (Å²) in [5.41, 5.74) is 3.32. The van der Waals surface area contributed by atoms with Gasteiger partial charge in [-0.25, -0.2) is 14.2 Å². The molecule has 0 unspecified atom stereocenters. The quantitative estimate of drug-likeness (QED) is 0.576. The lowest BCUT2D eigenvalue weighted by molar-refractivity contribution is 0.0600. The second kappa shape index (κ2) is 8.17. The van der Waals surface area contributed by atoms with Crippen molar-refractivity contribution in [3.05, 3.63) is 76.9 Å². The summed E-state index contributed by atoms with van der Waals surface area (Å²) < 4.78 is 23.9. The summed E-state index contributed by atoms with van der Waals surface area (Å²) in [6, 6.07) is 14.0. The molecule has 4 rings (SSSR count). The average molecular weight is 394 g/mol. The van der Waals surface area contributed by atoms with Gasteiger partial charge < -0.3 is 9.15 Å². The summed E-state index contributed by atoms with van der Waals surface area (Å²) in [6.45, 7) is 3.56. The van der Waals surface area contributed by atoms with Gasteiger partial charge in [0, 0.05) is 18.2 Å². The highest BCUT2D eigenvalue weighted by molar-refractivity contribution is 5.89. The highest BCUT2D eigenvalue weighted by atomic mass is 19.1. The molecule has 1 aromatic heterocycles. The first-order chi connectivity index (χ1) is 14.0. The monoisotopic (exact) mass is 394 g/mol. The Balaban J connectivity index is 1.52. The number of nitrogens with zero attached hydrogens (tertiary/aromatic N) is 2. The molecule has 0 amide bonds. The predicted molar refractivity (Wildman–Crippen MR) is 107 cm³/mol. The number of hydrogen-bond donors (Lipinski definition) is 0. The lowest BCUT2D eigenvalue weighted by atomic mass is 10.0. The fraction of sp³-hybridized carbons (Fsp3) is 0.304. The number of aromatic nitrogens is 1. The minimum Gasteiger partial charge on any atom is -0.465 e. The Labute approximate surface area is 169 Å². The van der Waals surface area contributed by atoms with Gasteiger partial charge in [-0.05, 0) is 68.3 Å². The van der Waals surface area contributed by atoms with Gasteiger partial charge in [0.2, 0.25) is 5.89 Å². The molecule has 0 saturated carbocycles. The van der Waals surface area contributed by atoms with Gasteiger partial charge in [0.05, 0.1) is 18.4 Å². The molecule has 2 heterocycles. The second-order valence-corrected chi connectivity index (χ2v) is 7.27. The fourth-order valence-electron chi connectivity index (χ4n) is 3.84. The summed E-state index contributed by atoms with van der Waals surface area (Å²) in [5, 5.41) is 0. The number of benzene rings is 2. The summed E-state index contributed by atoms with van der Waals surface area (Å²) in [5.74, 6) is 0.725. The van der Waals surface area contributed by atoms with Gasteiger partial charge in [-0.1, -0.05) is 12.1 Å². The van der Waals surface area contributed by atoms with Gasteiger partial charge >= 0.3 is 5.97 Å². The zero-order valence-corrected chi connectivity index (χ0v) is 16.5. The van der Waals surface area contributed by atoms with E-state index >= 15 is 0 Å². The molecule has 150 valence electrons. The van der Waals surface area contributed by atoms with Crippen molar-refractivity contribution in [3.63, 3.8) is 0 Å². The molecule has 3 aromatic rings. The molecule has 1 aliphatic heterocycles. The summed E-state index contributed by atoms with van der Waals surface area (Å²) in [7, 11) is 1.36. The van der Waals surface area contributed by atoms with Gasteiger partial charge in [-0.2, -0.15) is 0 Å². The molecule has 1 saturated heterocycles. The molecule has 29 heavy (non-hydrogen) atoms. The number of ether oxygens (including phenoxy) is 1. The number of hydrogen-bond acceptors (Lipinski definition) is 5. The van der Waals surface area contributed by atoms with Crippen molar-refractivity contribution >= 4 is 5.97 Å². The lowest BCUT2D eigenvalue weighted by Gasteiger charge is -2.24. The second-order valence-electron chi connectivity index (χ2n) is 7.27. The molecule has 1 atom stereocenters. The van der Waals surface area contributed by atoms with E-state index in [1.807, 2.05) is 19.1 Å². The lowest BCUT2D eigenvalue weighted by Crippen LogP contribution is -2.23. The van der Waals surface area contributed by atoms with Crippen LogP contribution < -0.4 is 0 Å². The minimum atomic E-state index is -0.373. The normalized spacial score (nSPS) is 16.9. The van der Waals surface area contributed by atoms with Gasteiger partial charge in [-0.15, -0.1) is 0 Å². The van der Waals surface area contributed by atoms with Crippen LogP contribution in [0.1, 0.15) is 46.3 Å². The first-order valence-electron chi connectivity index (χ1n) is 9.69. The number of carbonyl (C=O) groups excluding carboxylic acids is 1. The first kappa shape index (κ1) is 19.3. The van der Waals surface area contributed by atoms with E-state index in [0.717, 1.165) is 42.0 Å². The Hall–Kier alpha value is -2.99. The number of likely N-dealkylation sites (tertiary alicyclic amines) is 1. The van der Waals surface area contributed by atoms with Crippen molar-refractivity contribution in [3.8, 4) is 11.5 Å². The van der Waals surface area contributed by atoms with E-state index in [0.29, 0.717) is 18.0 Å². The third kappa shape index (κ3) is 4.07. The average Bonchev–Trinajstić information content (AvgIpc) is 3.35. The van der Waals surface area contributed by atoms with Crippen molar-refractivity contribution in [1.29, 1.82) is 0 Å². The van der Waals surface area contributed by atoms with Gasteiger partial charge in [0.25, 0.3) is 0 Å². The Morgan fingerprint density at radius 2 is 1.93 bits per heavy atom. The number of rotatable bonds is 5. The minimum absolute atomic E-state index is 0.214. The third-order valence-corrected chi connectivity index (χ3v) is 5.42. The van der Waals surface area contributed by atoms with Crippen molar-refractivity contribution in [2.45, 2.75) is 32.4 Å². The molecule has 1 fully saturated rings. The van der Waals surface area contributed by atoms with Crippen LogP contribution in [0.2, 0.25) is 0 Å².